The van der Waals surface area contributed by atoms with Crippen LogP contribution in [0.2, 0.25) is 0 Å². The number of nitrogens with zero attached hydrogens (tertiary/aromatic N) is 1. The van der Waals surface area contributed by atoms with Gasteiger partial charge in [-0.15, -0.1) is 0 Å². The maximum absolute atomic E-state index is 13.7. The number of aromatic hydroxyl groups is 1. The Kier molecular flexibility index (Phi) is 8.81. The van der Waals surface area contributed by atoms with Gasteiger partial charge < -0.3 is 15.3 Å². The van der Waals surface area contributed by atoms with Crippen LogP contribution in [0.1, 0.15) is 80.5 Å². The fraction of sp³-hybridized carbons (Fsp3) is 0.486. The zero-order valence-corrected chi connectivity index (χ0v) is 24.5. The van der Waals surface area contributed by atoms with Crippen molar-refractivity contribution in [2.75, 3.05) is 6.61 Å². The molecule has 0 aromatic heterocycles. The number of aliphatic hydroxyl groups excluding tert-OH is 2. The van der Waals surface area contributed by atoms with Crippen molar-refractivity contribution in [3.05, 3.63) is 75.9 Å². The lowest BCUT2D eigenvalue weighted by atomic mass is 9.68. The Morgan fingerprint density at radius 1 is 1.00 bits per heavy atom. The van der Waals surface area contributed by atoms with E-state index in [2.05, 4.69) is 6.08 Å². The molecule has 41 heavy (non-hydrogen) atoms. The Morgan fingerprint density at radius 3 is 2.29 bits per heavy atom. The number of benzene rings is 2. The van der Waals surface area contributed by atoms with Crippen LogP contribution in [0.15, 0.2) is 53.6 Å². The van der Waals surface area contributed by atoms with Crippen molar-refractivity contribution >= 4 is 23.5 Å². The van der Waals surface area contributed by atoms with E-state index >= 15 is 0 Å². The van der Waals surface area contributed by atoms with Gasteiger partial charge in [0.15, 0.2) is 0 Å². The molecule has 3 aliphatic rings. The molecule has 6 heteroatoms. The summed E-state index contributed by atoms with van der Waals surface area (Å²) in [6.07, 6.45) is 7.63. The molecule has 0 unspecified atom stereocenters. The Labute approximate surface area is 243 Å². The van der Waals surface area contributed by atoms with Gasteiger partial charge in [-0.3, -0.25) is 14.5 Å². The first-order valence-corrected chi connectivity index (χ1v) is 15.1. The third-order valence-corrected chi connectivity index (χ3v) is 9.54. The van der Waals surface area contributed by atoms with Crippen LogP contribution in [0.5, 0.6) is 5.75 Å². The summed E-state index contributed by atoms with van der Waals surface area (Å²) in [5.74, 6) is -1.56. The van der Waals surface area contributed by atoms with E-state index < -0.39 is 23.9 Å². The number of phenols is 1. The molecule has 1 saturated carbocycles. The number of aryl methyl sites for hydroxylation is 2. The van der Waals surface area contributed by atoms with E-state index in [0.29, 0.717) is 25.0 Å². The minimum atomic E-state index is -0.838. The lowest BCUT2D eigenvalue weighted by Crippen LogP contribution is -2.42. The second-order valence-electron chi connectivity index (χ2n) is 12.3. The Hall–Kier alpha value is -3.22. The number of hydrogen-bond donors (Lipinski definition) is 3. The first-order chi connectivity index (χ1) is 19.7. The van der Waals surface area contributed by atoms with E-state index in [0.717, 1.165) is 71.1 Å². The summed E-state index contributed by atoms with van der Waals surface area (Å²) in [5.41, 5.74) is 6.35. The van der Waals surface area contributed by atoms with Gasteiger partial charge in [0, 0.05) is 12.0 Å². The molecule has 5 rings (SSSR count). The predicted molar refractivity (Wildman–Crippen MR) is 161 cm³/mol. The number of amides is 2. The number of likely N-dealkylation sites (tertiary alicyclic amines) is 1. The Bertz CT molecular complexity index is 1330. The van der Waals surface area contributed by atoms with Crippen LogP contribution in [-0.4, -0.2) is 50.8 Å². The standard InChI is InChI=1S/C35H43NO5/c1-21-18-28-32(35(41)36(34(28)40)27-12-8-5-9-13-27)29(20-37)31(21)30(38)15-14-26(25-10-6-4-7-11-25)19-24-16-22(2)33(39)23(3)17-24/h4,6-7,10-11,16-17,19,27-30,32,37-39H,5,8-9,12-15,18,20H2,1-3H3/b26-19-/t28-,29+,30-,32-/m1/s1. The second kappa shape index (κ2) is 12.3. The summed E-state index contributed by atoms with van der Waals surface area (Å²) in [7, 11) is 0. The number of hydrogen-bond acceptors (Lipinski definition) is 5. The van der Waals surface area contributed by atoms with Gasteiger partial charge in [-0.2, -0.15) is 0 Å². The molecule has 2 amide bonds. The number of aliphatic hydroxyl groups is 2. The van der Waals surface area contributed by atoms with E-state index in [1.54, 1.807) is 0 Å². The zero-order valence-electron chi connectivity index (χ0n) is 24.5. The molecule has 6 nitrogen and oxygen atoms in total. The molecule has 2 aromatic carbocycles. The van der Waals surface area contributed by atoms with Gasteiger partial charge in [-0.25, -0.2) is 0 Å². The van der Waals surface area contributed by atoms with Crippen molar-refractivity contribution in [3.8, 4) is 5.75 Å². The highest BCUT2D eigenvalue weighted by Gasteiger charge is 2.55. The van der Waals surface area contributed by atoms with Gasteiger partial charge in [0.1, 0.15) is 5.75 Å². The number of phenolic OH excluding ortho intramolecular Hbond substituents is 1. The van der Waals surface area contributed by atoms with Crippen LogP contribution >= 0.6 is 0 Å². The normalized spacial score (nSPS) is 24.7. The molecule has 2 aliphatic carbocycles. The molecule has 1 saturated heterocycles. The van der Waals surface area contributed by atoms with Gasteiger partial charge in [0.2, 0.25) is 11.8 Å². The van der Waals surface area contributed by atoms with Crippen molar-refractivity contribution < 1.29 is 24.9 Å². The van der Waals surface area contributed by atoms with E-state index in [1.807, 2.05) is 63.2 Å². The molecule has 4 atom stereocenters. The first-order valence-electron chi connectivity index (χ1n) is 15.1. The minimum absolute atomic E-state index is 0.0342. The summed E-state index contributed by atoms with van der Waals surface area (Å²) in [6.45, 7) is 5.44. The average Bonchev–Trinajstić information content (AvgIpc) is 3.22. The average molecular weight is 558 g/mol. The van der Waals surface area contributed by atoms with E-state index in [9.17, 15) is 24.9 Å². The number of allylic oxidation sites excluding steroid dienone is 2. The smallest absolute Gasteiger partial charge is 0.234 e. The Balaban J connectivity index is 1.39. The molecule has 0 spiro atoms. The highest BCUT2D eigenvalue weighted by Crippen LogP contribution is 2.47. The quantitative estimate of drug-likeness (QED) is 0.212. The van der Waals surface area contributed by atoms with Crippen molar-refractivity contribution in [1.29, 1.82) is 0 Å². The fourth-order valence-electron chi connectivity index (χ4n) is 7.51. The summed E-state index contributed by atoms with van der Waals surface area (Å²) in [4.78, 5) is 28.7. The van der Waals surface area contributed by atoms with E-state index in [1.165, 1.54) is 4.90 Å². The van der Waals surface area contributed by atoms with Crippen molar-refractivity contribution in [2.24, 2.45) is 17.8 Å². The zero-order chi connectivity index (χ0) is 29.3. The number of carbonyl (C=O) groups excluding carboxylic acids is 2. The van der Waals surface area contributed by atoms with Crippen LogP contribution in [0.4, 0.5) is 0 Å². The van der Waals surface area contributed by atoms with Crippen LogP contribution in [-0.2, 0) is 9.59 Å². The third kappa shape index (κ3) is 5.77. The van der Waals surface area contributed by atoms with Crippen molar-refractivity contribution in [3.63, 3.8) is 0 Å². The summed E-state index contributed by atoms with van der Waals surface area (Å²) >= 11 is 0. The monoisotopic (exact) mass is 557 g/mol. The van der Waals surface area contributed by atoms with Crippen molar-refractivity contribution in [2.45, 2.75) is 84.3 Å². The number of fused-ring (bicyclic) bond motifs is 1. The lowest BCUT2D eigenvalue weighted by molar-refractivity contribution is -0.143. The molecular weight excluding hydrogens is 514 g/mol. The van der Waals surface area contributed by atoms with Gasteiger partial charge in [0.05, 0.1) is 24.5 Å². The summed E-state index contributed by atoms with van der Waals surface area (Å²) in [5, 5.41) is 32.4. The second-order valence-corrected chi connectivity index (χ2v) is 12.3. The molecule has 2 fully saturated rings. The van der Waals surface area contributed by atoms with E-state index in [-0.39, 0.29) is 24.5 Å². The maximum Gasteiger partial charge on any atom is 0.234 e. The van der Waals surface area contributed by atoms with Gasteiger partial charge in [0.25, 0.3) is 0 Å². The molecule has 0 radical (unpaired) electrons. The maximum atomic E-state index is 13.7. The highest BCUT2D eigenvalue weighted by atomic mass is 16.3. The molecule has 1 aliphatic heterocycles. The lowest BCUT2D eigenvalue weighted by Gasteiger charge is -2.35. The molecule has 2 aromatic rings. The van der Waals surface area contributed by atoms with Crippen LogP contribution in [0, 0.1) is 31.6 Å². The predicted octanol–water partition coefficient (Wildman–Crippen LogP) is 5.95. The largest absolute Gasteiger partial charge is 0.507 e. The summed E-state index contributed by atoms with van der Waals surface area (Å²) < 4.78 is 0. The van der Waals surface area contributed by atoms with Gasteiger partial charge >= 0.3 is 0 Å². The molecule has 3 N–H and O–H groups in total. The molecule has 1 heterocycles. The molecule has 218 valence electrons. The summed E-state index contributed by atoms with van der Waals surface area (Å²) in [6, 6.07) is 13.9. The van der Waals surface area contributed by atoms with E-state index in [4.69, 9.17) is 0 Å². The molecular formula is C35H43NO5. The van der Waals surface area contributed by atoms with Gasteiger partial charge in [-0.05, 0) is 98.4 Å². The highest BCUT2D eigenvalue weighted by molar-refractivity contribution is 6.06. The van der Waals surface area contributed by atoms with Gasteiger partial charge in [-0.1, -0.05) is 61.2 Å². The number of carbonyl (C=O) groups is 2. The SMILES string of the molecule is CC1=C([C@H](O)CC/C(=C/c2cc(C)c(O)c(C)c2)c2ccccc2)[C@H](CO)[C@@H]2C(=O)N(C3CCCCC3)C(=O)[C@@H]2C1. The third-order valence-electron chi connectivity index (χ3n) is 9.54. The fourth-order valence-corrected chi connectivity index (χ4v) is 7.51. The topological polar surface area (TPSA) is 98.1 Å². The van der Waals surface area contributed by atoms with Crippen LogP contribution in [0.25, 0.3) is 11.6 Å². The number of imide groups is 1. The van der Waals surface area contributed by atoms with Crippen LogP contribution in [0.3, 0.4) is 0 Å². The minimum Gasteiger partial charge on any atom is -0.507 e. The first kappa shape index (κ1) is 29.3. The van der Waals surface area contributed by atoms with Crippen LogP contribution < -0.4 is 0 Å². The van der Waals surface area contributed by atoms with Crippen molar-refractivity contribution in [1.82, 2.24) is 4.90 Å². The number of rotatable bonds is 8. The Morgan fingerprint density at radius 2 is 1.66 bits per heavy atom. The molecule has 0 bridgehead atoms.